The molecule has 0 spiro atoms. The average Bonchev–Trinajstić information content (AvgIpc) is 3.11. The number of carbonyl (C=O) groups excluding carboxylic acids is 1. The van der Waals surface area contributed by atoms with Gasteiger partial charge in [0.05, 0.1) is 7.11 Å². The summed E-state index contributed by atoms with van der Waals surface area (Å²) in [7, 11) is 1.67. The quantitative estimate of drug-likeness (QED) is 0.820. The highest BCUT2D eigenvalue weighted by Gasteiger charge is 2.22. The lowest BCUT2D eigenvalue weighted by Crippen LogP contribution is -2.39. The number of rotatable bonds is 6. The fourth-order valence-corrected chi connectivity index (χ4v) is 3.46. The van der Waals surface area contributed by atoms with Crippen molar-refractivity contribution < 1.29 is 9.53 Å². The van der Waals surface area contributed by atoms with Gasteiger partial charge >= 0.3 is 0 Å². The molecule has 0 aromatic heterocycles. The normalized spacial score (nSPS) is 18.1. The molecule has 0 unspecified atom stereocenters. The van der Waals surface area contributed by atoms with Crippen molar-refractivity contribution in [2.45, 2.75) is 25.8 Å². The number of methoxy groups -OCH3 is 1. The van der Waals surface area contributed by atoms with Crippen LogP contribution in [0.3, 0.4) is 0 Å². The Morgan fingerprint density at radius 1 is 1.28 bits per heavy atom. The Bertz CT molecular complexity index is 770. The van der Waals surface area contributed by atoms with Crippen LogP contribution in [0.15, 0.2) is 42.5 Å². The molecule has 1 amide bonds. The maximum absolute atomic E-state index is 12.1. The van der Waals surface area contributed by atoms with Gasteiger partial charge in [-0.2, -0.15) is 0 Å². The van der Waals surface area contributed by atoms with E-state index in [4.69, 9.17) is 4.74 Å². The van der Waals surface area contributed by atoms with Gasteiger partial charge in [0.15, 0.2) is 0 Å². The van der Waals surface area contributed by atoms with Gasteiger partial charge in [-0.1, -0.05) is 25.1 Å². The Hall–Kier alpha value is -2.33. The van der Waals surface area contributed by atoms with Gasteiger partial charge < -0.3 is 10.1 Å². The van der Waals surface area contributed by atoms with Gasteiger partial charge in [-0.25, -0.2) is 0 Å². The molecule has 25 heavy (non-hydrogen) atoms. The molecule has 4 nitrogen and oxygen atoms in total. The van der Waals surface area contributed by atoms with E-state index >= 15 is 0 Å². The topological polar surface area (TPSA) is 41.6 Å². The van der Waals surface area contributed by atoms with Crippen LogP contribution in [0.5, 0.6) is 5.75 Å². The van der Waals surface area contributed by atoms with Crippen LogP contribution in [0.4, 0.5) is 0 Å². The molecular weight excluding hydrogens is 312 g/mol. The molecule has 1 fully saturated rings. The molecule has 1 aliphatic heterocycles. The highest BCUT2D eigenvalue weighted by Crippen LogP contribution is 2.22. The number of amides is 1. The van der Waals surface area contributed by atoms with Crippen LogP contribution in [0.25, 0.3) is 16.8 Å². The summed E-state index contributed by atoms with van der Waals surface area (Å²) in [6.45, 7) is 5.11. The Labute approximate surface area is 149 Å². The summed E-state index contributed by atoms with van der Waals surface area (Å²) >= 11 is 0. The number of nitrogens with one attached hydrogen (secondary N) is 1. The van der Waals surface area contributed by atoms with E-state index in [1.54, 1.807) is 13.2 Å². The summed E-state index contributed by atoms with van der Waals surface area (Å²) in [4.78, 5) is 14.5. The third kappa shape index (κ3) is 4.40. The smallest absolute Gasteiger partial charge is 0.244 e. The fraction of sp³-hybridized carbons (Fsp3) is 0.381. The van der Waals surface area contributed by atoms with Crippen LogP contribution in [0, 0.1) is 0 Å². The minimum absolute atomic E-state index is 0.0298. The van der Waals surface area contributed by atoms with E-state index in [1.165, 1.54) is 12.8 Å². The minimum atomic E-state index is -0.0298. The number of fused-ring (bicyclic) bond motifs is 1. The van der Waals surface area contributed by atoms with E-state index in [1.807, 2.05) is 36.4 Å². The van der Waals surface area contributed by atoms with Crippen LogP contribution in [0.2, 0.25) is 0 Å². The predicted octanol–water partition coefficient (Wildman–Crippen LogP) is 3.46. The summed E-state index contributed by atoms with van der Waals surface area (Å²) in [6, 6.07) is 12.6. The number of ether oxygens (including phenoxy) is 1. The SMILES string of the molecule is CCN1CCC[C@@H]1CNC(=O)/C=C/c1ccc2cc(OC)ccc2c1. The molecule has 4 heteroatoms. The first-order valence-electron chi connectivity index (χ1n) is 8.97. The van der Waals surface area contributed by atoms with E-state index in [0.717, 1.165) is 41.7 Å². The molecule has 1 saturated heterocycles. The summed E-state index contributed by atoms with van der Waals surface area (Å²) < 4.78 is 5.25. The Kier molecular flexibility index (Phi) is 5.71. The number of benzene rings is 2. The fourth-order valence-electron chi connectivity index (χ4n) is 3.46. The second-order valence-electron chi connectivity index (χ2n) is 6.48. The largest absolute Gasteiger partial charge is 0.497 e. The van der Waals surface area contributed by atoms with Gasteiger partial charge in [0, 0.05) is 18.7 Å². The highest BCUT2D eigenvalue weighted by molar-refractivity contribution is 5.93. The van der Waals surface area contributed by atoms with Gasteiger partial charge in [0.25, 0.3) is 0 Å². The third-order valence-corrected chi connectivity index (χ3v) is 4.92. The maximum Gasteiger partial charge on any atom is 0.244 e. The van der Waals surface area contributed by atoms with Gasteiger partial charge in [0.2, 0.25) is 5.91 Å². The molecule has 0 radical (unpaired) electrons. The van der Waals surface area contributed by atoms with Crippen molar-refractivity contribution in [1.82, 2.24) is 10.2 Å². The Balaban J connectivity index is 1.59. The number of hydrogen-bond donors (Lipinski definition) is 1. The van der Waals surface area contributed by atoms with Gasteiger partial charge in [-0.15, -0.1) is 0 Å². The van der Waals surface area contributed by atoms with Crippen molar-refractivity contribution in [2.75, 3.05) is 26.7 Å². The van der Waals surface area contributed by atoms with Crippen LogP contribution in [-0.2, 0) is 4.79 Å². The summed E-state index contributed by atoms with van der Waals surface area (Å²) in [5, 5.41) is 5.29. The van der Waals surface area contributed by atoms with Crippen molar-refractivity contribution in [3.63, 3.8) is 0 Å². The van der Waals surface area contributed by atoms with Crippen molar-refractivity contribution in [2.24, 2.45) is 0 Å². The molecule has 1 heterocycles. The first-order valence-corrected chi connectivity index (χ1v) is 8.97. The first-order chi connectivity index (χ1) is 12.2. The van der Waals surface area contributed by atoms with Crippen molar-refractivity contribution in [3.8, 4) is 5.75 Å². The van der Waals surface area contributed by atoms with E-state index < -0.39 is 0 Å². The summed E-state index contributed by atoms with van der Waals surface area (Å²) in [6.07, 6.45) is 5.89. The first kappa shape index (κ1) is 17.5. The molecule has 132 valence electrons. The molecule has 1 aliphatic rings. The Morgan fingerprint density at radius 2 is 2.08 bits per heavy atom. The monoisotopic (exact) mass is 338 g/mol. The zero-order valence-corrected chi connectivity index (χ0v) is 15.0. The van der Waals surface area contributed by atoms with Crippen LogP contribution in [-0.4, -0.2) is 43.6 Å². The molecule has 1 atom stereocenters. The van der Waals surface area contributed by atoms with E-state index in [-0.39, 0.29) is 5.91 Å². The van der Waals surface area contributed by atoms with Crippen LogP contribution < -0.4 is 10.1 Å². The summed E-state index contributed by atoms with van der Waals surface area (Å²) in [5.41, 5.74) is 1.02. The lowest BCUT2D eigenvalue weighted by molar-refractivity contribution is -0.116. The zero-order chi connectivity index (χ0) is 17.6. The molecular formula is C21H26N2O2. The highest BCUT2D eigenvalue weighted by atomic mass is 16.5. The molecule has 1 N–H and O–H groups in total. The molecule has 3 rings (SSSR count). The van der Waals surface area contributed by atoms with Crippen LogP contribution >= 0.6 is 0 Å². The van der Waals surface area contributed by atoms with Crippen molar-refractivity contribution in [3.05, 3.63) is 48.0 Å². The van der Waals surface area contributed by atoms with Gasteiger partial charge in [0.1, 0.15) is 5.75 Å². The molecule has 0 bridgehead atoms. The minimum Gasteiger partial charge on any atom is -0.497 e. The predicted molar refractivity (Wildman–Crippen MR) is 103 cm³/mol. The molecule has 0 saturated carbocycles. The number of likely N-dealkylation sites (tertiary alicyclic amines) is 1. The average molecular weight is 338 g/mol. The number of hydrogen-bond acceptors (Lipinski definition) is 3. The van der Waals surface area contributed by atoms with Crippen LogP contribution in [0.1, 0.15) is 25.3 Å². The molecule has 0 aliphatic carbocycles. The number of likely N-dealkylation sites (N-methyl/N-ethyl adjacent to an activating group) is 1. The standard InChI is InChI=1S/C21H26N2O2/c1-3-23-12-4-5-19(23)15-22-21(24)11-7-16-6-8-18-14-20(25-2)10-9-17(18)13-16/h6-11,13-14,19H,3-5,12,15H2,1-2H3,(H,22,24)/b11-7+/t19-/m1/s1. The van der Waals surface area contributed by atoms with Crippen molar-refractivity contribution in [1.29, 1.82) is 0 Å². The van der Waals surface area contributed by atoms with Crippen molar-refractivity contribution >= 4 is 22.8 Å². The van der Waals surface area contributed by atoms with Gasteiger partial charge in [-0.3, -0.25) is 9.69 Å². The van der Waals surface area contributed by atoms with E-state index in [0.29, 0.717) is 6.04 Å². The van der Waals surface area contributed by atoms with E-state index in [2.05, 4.69) is 23.2 Å². The number of carbonyl (C=O) groups is 1. The van der Waals surface area contributed by atoms with E-state index in [9.17, 15) is 4.79 Å². The summed E-state index contributed by atoms with van der Waals surface area (Å²) in [5.74, 6) is 0.820. The molecule has 2 aromatic carbocycles. The second-order valence-corrected chi connectivity index (χ2v) is 6.48. The lowest BCUT2D eigenvalue weighted by Gasteiger charge is -2.22. The molecule has 2 aromatic rings. The Morgan fingerprint density at radius 3 is 2.88 bits per heavy atom. The lowest BCUT2D eigenvalue weighted by atomic mass is 10.1. The second kappa shape index (κ2) is 8.17. The third-order valence-electron chi connectivity index (χ3n) is 4.92. The zero-order valence-electron chi connectivity index (χ0n) is 15.0. The number of nitrogens with zero attached hydrogens (tertiary/aromatic N) is 1. The van der Waals surface area contributed by atoms with Gasteiger partial charge in [-0.05, 0) is 66.5 Å². The maximum atomic E-state index is 12.1.